The van der Waals surface area contributed by atoms with Gasteiger partial charge in [-0.3, -0.25) is 4.72 Å². The molecule has 1 aromatic heterocycles. The van der Waals surface area contributed by atoms with Crippen LogP contribution >= 0.6 is 0 Å². The summed E-state index contributed by atoms with van der Waals surface area (Å²) in [6.07, 6.45) is 2.18. The fourth-order valence-electron chi connectivity index (χ4n) is 3.15. The predicted octanol–water partition coefficient (Wildman–Crippen LogP) is 2.87. The van der Waals surface area contributed by atoms with Crippen molar-refractivity contribution in [3.05, 3.63) is 48.2 Å². The highest BCUT2D eigenvalue weighted by Gasteiger charge is 2.18. The number of aromatic nitrogens is 1. The molecule has 1 aliphatic heterocycles. The lowest BCUT2D eigenvalue weighted by atomic mass is 10.2. The zero-order chi connectivity index (χ0) is 18.6. The maximum atomic E-state index is 11.8. The number of rotatable bonds is 6. The van der Waals surface area contributed by atoms with Crippen LogP contribution in [0.5, 0.6) is 0 Å². The van der Waals surface area contributed by atoms with Gasteiger partial charge in [0.15, 0.2) is 0 Å². The van der Waals surface area contributed by atoms with Gasteiger partial charge >= 0.3 is 0 Å². The van der Waals surface area contributed by atoms with Crippen LogP contribution in [0, 0.1) is 6.92 Å². The fraction of sp³-hybridized carbons (Fsp3) is 0.421. The van der Waals surface area contributed by atoms with E-state index in [9.17, 15) is 8.42 Å². The van der Waals surface area contributed by atoms with E-state index in [4.69, 9.17) is 0 Å². The molecule has 2 heterocycles. The molecule has 140 valence electrons. The minimum absolute atomic E-state index is 0.121. The van der Waals surface area contributed by atoms with E-state index in [1.807, 2.05) is 13.0 Å². The van der Waals surface area contributed by atoms with E-state index in [0.29, 0.717) is 12.1 Å². The summed E-state index contributed by atoms with van der Waals surface area (Å²) >= 11 is 0. The molecule has 6 nitrogen and oxygen atoms in total. The van der Waals surface area contributed by atoms with Crippen LogP contribution in [-0.4, -0.2) is 45.3 Å². The van der Waals surface area contributed by atoms with E-state index in [-0.39, 0.29) is 5.75 Å². The van der Waals surface area contributed by atoms with Gasteiger partial charge in [-0.05, 0) is 43.2 Å². The lowest BCUT2D eigenvalue weighted by molar-refractivity contribution is 0.600. The summed E-state index contributed by atoms with van der Waals surface area (Å²) < 4.78 is 26.2. The van der Waals surface area contributed by atoms with Crippen LogP contribution in [0.2, 0.25) is 0 Å². The highest BCUT2D eigenvalue weighted by Crippen LogP contribution is 2.21. The molecule has 0 bridgehead atoms. The summed E-state index contributed by atoms with van der Waals surface area (Å²) in [5.41, 5.74) is 3.05. The molecule has 26 heavy (non-hydrogen) atoms. The monoisotopic (exact) mass is 374 g/mol. The van der Waals surface area contributed by atoms with Gasteiger partial charge in [0.05, 0.1) is 17.6 Å². The second kappa shape index (κ2) is 7.95. The van der Waals surface area contributed by atoms with Crippen molar-refractivity contribution in [1.29, 1.82) is 0 Å². The van der Waals surface area contributed by atoms with Crippen molar-refractivity contribution < 1.29 is 8.42 Å². The summed E-state index contributed by atoms with van der Waals surface area (Å²) in [4.78, 5) is 9.06. The first-order valence-electron chi connectivity index (χ1n) is 9.00. The first-order chi connectivity index (χ1) is 12.5. The zero-order valence-electron chi connectivity index (χ0n) is 15.4. The highest BCUT2D eigenvalue weighted by molar-refractivity contribution is 7.92. The largest absolute Gasteiger partial charge is 0.368 e. The molecule has 0 amide bonds. The first-order valence-corrected chi connectivity index (χ1v) is 10.7. The standard InChI is InChI=1S/C19H26N4O2S/c1-3-13-26(24,25)21-17-7-8-19(20-15-17)23-11-9-22(10-12-23)18-6-4-5-16(2)14-18/h4-8,14-15,21H,3,9-13H2,1-2H3. The Bertz CT molecular complexity index is 829. The van der Waals surface area contributed by atoms with Crippen molar-refractivity contribution in [3.63, 3.8) is 0 Å². The van der Waals surface area contributed by atoms with Crippen LogP contribution in [0.1, 0.15) is 18.9 Å². The maximum absolute atomic E-state index is 11.8. The second-order valence-corrected chi connectivity index (χ2v) is 8.48. The van der Waals surface area contributed by atoms with E-state index in [1.54, 1.807) is 12.3 Å². The normalized spacial score (nSPS) is 15.2. The van der Waals surface area contributed by atoms with E-state index < -0.39 is 10.0 Å². The number of nitrogens with one attached hydrogen (secondary N) is 1. The quantitative estimate of drug-likeness (QED) is 0.842. The molecular weight excluding hydrogens is 348 g/mol. The highest BCUT2D eigenvalue weighted by atomic mass is 32.2. The van der Waals surface area contributed by atoms with Crippen molar-refractivity contribution in [2.75, 3.05) is 46.5 Å². The van der Waals surface area contributed by atoms with Gasteiger partial charge in [-0.2, -0.15) is 0 Å². The number of anilines is 3. The predicted molar refractivity (Wildman–Crippen MR) is 108 cm³/mol. The lowest BCUT2D eigenvalue weighted by Gasteiger charge is -2.36. The molecule has 0 aliphatic carbocycles. The molecule has 1 aromatic carbocycles. The van der Waals surface area contributed by atoms with Crippen molar-refractivity contribution in [1.82, 2.24) is 4.98 Å². The van der Waals surface area contributed by atoms with Gasteiger partial charge < -0.3 is 9.80 Å². The number of piperazine rings is 1. The average Bonchev–Trinajstić information content (AvgIpc) is 2.62. The smallest absolute Gasteiger partial charge is 0.232 e. The van der Waals surface area contributed by atoms with Gasteiger partial charge in [0, 0.05) is 31.9 Å². The summed E-state index contributed by atoms with van der Waals surface area (Å²) in [5.74, 6) is 1.00. The summed E-state index contributed by atoms with van der Waals surface area (Å²) in [6.45, 7) is 7.62. The van der Waals surface area contributed by atoms with E-state index in [0.717, 1.165) is 32.0 Å². The van der Waals surface area contributed by atoms with Gasteiger partial charge in [-0.25, -0.2) is 13.4 Å². The number of benzene rings is 1. The van der Waals surface area contributed by atoms with E-state index >= 15 is 0 Å². The average molecular weight is 375 g/mol. The SMILES string of the molecule is CCCS(=O)(=O)Nc1ccc(N2CCN(c3cccc(C)c3)CC2)nc1. The molecule has 7 heteroatoms. The van der Waals surface area contributed by atoms with Gasteiger partial charge in [0.25, 0.3) is 0 Å². The third-order valence-electron chi connectivity index (χ3n) is 4.46. The molecular formula is C19H26N4O2S. The molecule has 1 N–H and O–H groups in total. The molecule has 0 unspecified atom stereocenters. The topological polar surface area (TPSA) is 65.5 Å². The third-order valence-corrected chi connectivity index (χ3v) is 5.96. The van der Waals surface area contributed by atoms with Crippen LogP contribution in [0.4, 0.5) is 17.2 Å². The Balaban J connectivity index is 1.59. The zero-order valence-corrected chi connectivity index (χ0v) is 16.2. The van der Waals surface area contributed by atoms with Gasteiger partial charge in [-0.15, -0.1) is 0 Å². The molecule has 0 spiro atoms. The lowest BCUT2D eigenvalue weighted by Crippen LogP contribution is -2.46. The maximum Gasteiger partial charge on any atom is 0.232 e. The molecule has 1 fully saturated rings. The van der Waals surface area contributed by atoms with E-state index in [1.165, 1.54) is 11.3 Å². The Morgan fingerprint density at radius 3 is 2.42 bits per heavy atom. The van der Waals surface area contributed by atoms with Crippen molar-refractivity contribution in [2.24, 2.45) is 0 Å². The molecule has 0 saturated carbocycles. The third kappa shape index (κ3) is 4.66. The van der Waals surface area contributed by atoms with Crippen molar-refractivity contribution in [2.45, 2.75) is 20.3 Å². The minimum Gasteiger partial charge on any atom is -0.368 e. The number of sulfonamides is 1. The van der Waals surface area contributed by atoms with Gasteiger partial charge in [0.1, 0.15) is 5.82 Å². The number of aryl methyl sites for hydroxylation is 1. The van der Waals surface area contributed by atoms with Crippen molar-refractivity contribution >= 4 is 27.2 Å². The van der Waals surface area contributed by atoms with Crippen molar-refractivity contribution in [3.8, 4) is 0 Å². The van der Waals surface area contributed by atoms with Gasteiger partial charge in [0.2, 0.25) is 10.0 Å². The second-order valence-electron chi connectivity index (χ2n) is 6.64. The van der Waals surface area contributed by atoms with Crippen LogP contribution in [0.15, 0.2) is 42.6 Å². The minimum atomic E-state index is -3.27. The number of pyridine rings is 1. The molecule has 0 radical (unpaired) electrons. The van der Waals surface area contributed by atoms with Gasteiger partial charge in [-0.1, -0.05) is 19.1 Å². The summed E-state index contributed by atoms with van der Waals surface area (Å²) in [5, 5.41) is 0. The number of hydrogen-bond acceptors (Lipinski definition) is 5. The number of hydrogen-bond donors (Lipinski definition) is 1. The molecule has 1 aliphatic rings. The van der Waals surface area contributed by atoms with Crippen LogP contribution in [0.3, 0.4) is 0 Å². The van der Waals surface area contributed by atoms with Crippen LogP contribution in [0.25, 0.3) is 0 Å². The summed E-state index contributed by atoms with van der Waals surface area (Å²) in [6, 6.07) is 12.2. The Kier molecular flexibility index (Phi) is 5.66. The Labute approximate surface area is 155 Å². The number of nitrogens with zero attached hydrogens (tertiary/aromatic N) is 3. The summed E-state index contributed by atoms with van der Waals surface area (Å²) in [7, 11) is -3.27. The Morgan fingerprint density at radius 1 is 1.08 bits per heavy atom. The molecule has 3 rings (SSSR count). The molecule has 1 saturated heterocycles. The Hall–Kier alpha value is -2.28. The molecule has 0 atom stereocenters. The molecule has 2 aromatic rings. The fourth-order valence-corrected chi connectivity index (χ4v) is 4.27. The van der Waals surface area contributed by atoms with E-state index in [2.05, 4.69) is 50.7 Å². The Morgan fingerprint density at radius 2 is 1.81 bits per heavy atom. The van der Waals surface area contributed by atoms with Crippen LogP contribution in [-0.2, 0) is 10.0 Å². The first kappa shape index (κ1) is 18.5. The van der Waals surface area contributed by atoms with Crippen LogP contribution < -0.4 is 14.5 Å².